The van der Waals surface area contributed by atoms with Crippen molar-refractivity contribution in [3.8, 4) is 12.3 Å². The third kappa shape index (κ3) is 5.58. The van der Waals surface area contributed by atoms with E-state index in [-0.39, 0.29) is 0 Å². The van der Waals surface area contributed by atoms with Gasteiger partial charge in [-0.05, 0) is 37.4 Å². The summed E-state index contributed by atoms with van der Waals surface area (Å²) in [6, 6.07) is 7.72. The van der Waals surface area contributed by atoms with Gasteiger partial charge in [0.2, 0.25) is 0 Å². The molecule has 0 aliphatic rings. The number of carbonyl (C=O) groups is 1. The number of aliphatic carboxylic acids is 1. The third-order valence-electron chi connectivity index (χ3n) is 3.10. The van der Waals surface area contributed by atoms with Crippen LogP contribution in [-0.4, -0.2) is 17.6 Å². The first-order valence-electron chi connectivity index (χ1n) is 6.61. The maximum atomic E-state index is 10.9. The van der Waals surface area contributed by atoms with Crippen LogP contribution in [0, 0.1) is 12.3 Å². The van der Waals surface area contributed by atoms with E-state index in [1.54, 1.807) is 6.92 Å². The molecule has 0 fully saturated rings. The lowest BCUT2D eigenvalue weighted by molar-refractivity contribution is -0.138. The lowest BCUT2D eigenvalue weighted by atomic mass is 10.00. The predicted molar refractivity (Wildman–Crippen MR) is 76.9 cm³/mol. The fraction of sp³-hybridized carbons (Fsp3) is 0.438. The van der Waals surface area contributed by atoms with Crippen molar-refractivity contribution in [2.24, 2.45) is 0 Å². The summed E-state index contributed by atoms with van der Waals surface area (Å²) in [7, 11) is 0. The van der Waals surface area contributed by atoms with E-state index in [0.717, 1.165) is 37.9 Å². The number of benzene rings is 1. The number of hydrogen-bond donors (Lipinski definition) is 2. The fourth-order valence-corrected chi connectivity index (χ4v) is 1.78. The van der Waals surface area contributed by atoms with Crippen molar-refractivity contribution in [3.63, 3.8) is 0 Å². The van der Waals surface area contributed by atoms with Crippen LogP contribution in [-0.2, 0) is 11.3 Å². The maximum absolute atomic E-state index is 10.9. The molecule has 0 bridgehead atoms. The number of nitrogens with one attached hydrogen (secondary N) is 1. The number of carboxylic acid groups (broad SMARTS) is 1. The summed E-state index contributed by atoms with van der Waals surface area (Å²) in [4.78, 5) is 10.9. The van der Waals surface area contributed by atoms with Crippen LogP contribution in [0.3, 0.4) is 0 Å². The number of carboxylic acids is 1. The Labute approximate surface area is 115 Å². The number of hydrogen-bond acceptors (Lipinski definition) is 2. The minimum absolute atomic E-state index is 0.453. The van der Waals surface area contributed by atoms with E-state index in [1.165, 1.54) is 5.56 Å². The second-order valence-corrected chi connectivity index (χ2v) is 4.64. The van der Waals surface area contributed by atoms with Crippen LogP contribution < -0.4 is 5.32 Å². The molecular formula is C16H21NO2. The van der Waals surface area contributed by atoms with Gasteiger partial charge in [-0.3, -0.25) is 4.79 Å². The third-order valence-corrected chi connectivity index (χ3v) is 3.10. The lowest BCUT2D eigenvalue weighted by Gasteiger charge is -2.08. The van der Waals surface area contributed by atoms with Gasteiger partial charge >= 0.3 is 5.97 Å². The molecule has 1 unspecified atom stereocenters. The first-order valence-corrected chi connectivity index (χ1v) is 6.61. The Kier molecular flexibility index (Phi) is 6.70. The van der Waals surface area contributed by atoms with E-state index in [1.807, 2.05) is 24.3 Å². The maximum Gasteiger partial charge on any atom is 0.310 e. The smallest absolute Gasteiger partial charge is 0.310 e. The van der Waals surface area contributed by atoms with E-state index in [9.17, 15) is 4.79 Å². The number of terminal acetylenes is 1. The molecule has 0 radical (unpaired) electrons. The molecule has 0 aliphatic carbocycles. The van der Waals surface area contributed by atoms with Gasteiger partial charge in [0.25, 0.3) is 0 Å². The van der Waals surface area contributed by atoms with Gasteiger partial charge in [-0.15, -0.1) is 12.3 Å². The van der Waals surface area contributed by atoms with E-state index in [4.69, 9.17) is 11.5 Å². The van der Waals surface area contributed by atoms with Crippen LogP contribution in [0.1, 0.15) is 43.2 Å². The first kappa shape index (κ1) is 15.3. The van der Waals surface area contributed by atoms with Crippen molar-refractivity contribution < 1.29 is 9.90 Å². The minimum atomic E-state index is -0.792. The number of rotatable bonds is 8. The second-order valence-electron chi connectivity index (χ2n) is 4.64. The Morgan fingerprint density at radius 1 is 1.37 bits per heavy atom. The summed E-state index contributed by atoms with van der Waals surface area (Å²) < 4.78 is 0. The normalized spacial score (nSPS) is 11.8. The molecule has 0 saturated carbocycles. The fourth-order valence-electron chi connectivity index (χ4n) is 1.78. The van der Waals surface area contributed by atoms with Crippen LogP contribution in [0.4, 0.5) is 0 Å². The van der Waals surface area contributed by atoms with E-state index in [0.29, 0.717) is 0 Å². The van der Waals surface area contributed by atoms with Crippen molar-refractivity contribution in [1.29, 1.82) is 0 Å². The summed E-state index contributed by atoms with van der Waals surface area (Å²) in [5.74, 6) is 1.38. The molecular weight excluding hydrogens is 238 g/mol. The summed E-state index contributed by atoms with van der Waals surface area (Å²) in [6.45, 7) is 3.45. The monoisotopic (exact) mass is 259 g/mol. The zero-order valence-corrected chi connectivity index (χ0v) is 11.4. The highest BCUT2D eigenvalue weighted by Crippen LogP contribution is 2.15. The zero-order valence-electron chi connectivity index (χ0n) is 11.4. The summed E-state index contributed by atoms with van der Waals surface area (Å²) in [5, 5.41) is 12.3. The van der Waals surface area contributed by atoms with Crippen molar-refractivity contribution in [1.82, 2.24) is 5.32 Å². The van der Waals surface area contributed by atoms with Gasteiger partial charge in [0.1, 0.15) is 0 Å². The molecule has 1 atom stereocenters. The van der Waals surface area contributed by atoms with Crippen molar-refractivity contribution >= 4 is 5.97 Å². The van der Waals surface area contributed by atoms with Gasteiger partial charge in [0, 0.05) is 13.0 Å². The standard InChI is InChI=1S/C16H21NO2/c1-3-4-5-6-11-17-12-14-7-9-15(10-8-14)13(2)16(18)19/h1,7-10,13,17H,4-6,11-12H2,2H3,(H,18,19). The van der Waals surface area contributed by atoms with Crippen LogP contribution in [0.5, 0.6) is 0 Å². The first-order chi connectivity index (χ1) is 9.15. The Bertz CT molecular complexity index is 431. The second kappa shape index (κ2) is 8.34. The Hall–Kier alpha value is -1.79. The predicted octanol–water partition coefficient (Wildman–Crippen LogP) is 2.77. The molecule has 0 aliphatic heterocycles. The van der Waals surface area contributed by atoms with Crippen molar-refractivity contribution in [3.05, 3.63) is 35.4 Å². The van der Waals surface area contributed by atoms with Crippen molar-refractivity contribution in [2.75, 3.05) is 6.54 Å². The topological polar surface area (TPSA) is 49.3 Å². The Balaban J connectivity index is 2.33. The van der Waals surface area contributed by atoms with E-state index >= 15 is 0 Å². The van der Waals surface area contributed by atoms with Gasteiger partial charge in [-0.1, -0.05) is 24.3 Å². The quantitative estimate of drug-likeness (QED) is 0.557. The van der Waals surface area contributed by atoms with Gasteiger partial charge in [0.15, 0.2) is 0 Å². The van der Waals surface area contributed by atoms with E-state index < -0.39 is 11.9 Å². The molecule has 3 nitrogen and oxygen atoms in total. The van der Waals surface area contributed by atoms with Crippen LogP contribution >= 0.6 is 0 Å². The molecule has 1 aromatic carbocycles. The van der Waals surface area contributed by atoms with E-state index in [2.05, 4.69) is 11.2 Å². The average Bonchev–Trinajstić information content (AvgIpc) is 2.42. The summed E-state index contributed by atoms with van der Waals surface area (Å²) >= 11 is 0. The van der Waals surface area contributed by atoms with Crippen molar-refractivity contribution in [2.45, 2.75) is 38.6 Å². The largest absolute Gasteiger partial charge is 0.481 e. The number of unbranched alkanes of at least 4 members (excludes halogenated alkanes) is 2. The Morgan fingerprint density at radius 3 is 2.63 bits per heavy atom. The summed E-state index contributed by atoms with van der Waals surface area (Å²) in [6.07, 6.45) is 8.15. The molecule has 0 heterocycles. The molecule has 19 heavy (non-hydrogen) atoms. The molecule has 0 spiro atoms. The van der Waals surface area contributed by atoms with Gasteiger partial charge in [-0.25, -0.2) is 0 Å². The SMILES string of the molecule is C#CCCCCNCc1ccc(C(C)C(=O)O)cc1. The highest BCUT2D eigenvalue weighted by molar-refractivity contribution is 5.75. The molecule has 2 N–H and O–H groups in total. The molecule has 0 aromatic heterocycles. The van der Waals surface area contributed by atoms with Crippen LogP contribution in [0.2, 0.25) is 0 Å². The highest BCUT2D eigenvalue weighted by Gasteiger charge is 2.12. The molecule has 0 amide bonds. The molecule has 3 heteroatoms. The molecule has 102 valence electrons. The molecule has 0 saturated heterocycles. The zero-order chi connectivity index (χ0) is 14.1. The Morgan fingerprint density at radius 2 is 2.05 bits per heavy atom. The summed E-state index contributed by atoms with van der Waals surface area (Å²) in [5.41, 5.74) is 2.00. The van der Waals surface area contributed by atoms with Crippen LogP contribution in [0.25, 0.3) is 0 Å². The van der Waals surface area contributed by atoms with Gasteiger partial charge < -0.3 is 10.4 Å². The minimum Gasteiger partial charge on any atom is -0.481 e. The lowest BCUT2D eigenvalue weighted by Crippen LogP contribution is -2.14. The molecule has 1 aromatic rings. The molecule has 1 rings (SSSR count). The average molecular weight is 259 g/mol. The van der Waals surface area contributed by atoms with Gasteiger partial charge in [-0.2, -0.15) is 0 Å². The van der Waals surface area contributed by atoms with Gasteiger partial charge in [0.05, 0.1) is 5.92 Å². The van der Waals surface area contributed by atoms with Crippen LogP contribution in [0.15, 0.2) is 24.3 Å². The highest BCUT2D eigenvalue weighted by atomic mass is 16.4.